The summed E-state index contributed by atoms with van der Waals surface area (Å²) in [5.74, 6) is 1.66. The first-order chi connectivity index (χ1) is 8.97. The van der Waals surface area contributed by atoms with Crippen molar-refractivity contribution in [3.63, 3.8) is 0 Å². The van der Waals surface area contributed by atoms with E-state index in [0.29, 0.717) is 5.54 Å². The molecule has 1 heterocycles. The van der Waals surface area contributed by atoms with E-state index in [-0.39, 0.29) is 0 Å². The number of hydrogen-bond acceptors (Lipinski definition) is 3. The van der Waals surface area contributed by atoms with Crippen LogP contribution in [0, 0.1) is 11.8 Å². The summed E-state index contributed by atoms with van der Waals surface area (Å²) in [5, 5.41) is 0. The lowest BCUT2D eigenvalue weighted by molar-refractivity contribution is -0.00711. The van der Waals surface area contributed by atoms with Gasteiger partial charge in [-0.05, 0) is 58.0 Å². The average molecular weight is 267 g/mol. The van der Waals surface area contributed by atoms with Crippen LogP contribution in [0.25, 0.3) is 0 Å². The largest absolute Gasteiger partial charge is 0.329 e. The number of likely N-dealkylation sites (tertiary alicyclic amines) is 1. The van der Waals surface area contributed by atoms with E-state index in [4.69, 9.17) is 5.73 Å². The maximum atomic E-state index is 6.24. The minimum absolute atomic E-state index is 0.300. The molecule has 2 N–H and O–H groups in total. The highest BCUT2D eigenvalue weighted by atomic mass is 15.2. The van der Waals surface area contributed by atoms with Gasteiger partial charge in [0.05, 0.1) is 0 Å². The second-order valence-corrected chi connectivity index (χ2v) is 7.46. The molecule has 2 atom stereocenters. The van der Waals surface area contributed by atoms with Crippen LogP contribution >= 0.6 is 0 Å². The predicted molar refractivity (Wildman–Crippen MR) is 82.2 cm³/mol. The molecule has 0 amide bonds. The van der Waals surface area contributed by atoms with Gasteiger partial charge in [0.25, 0.3) is 0 Å². The third kappa shape index (κ3) is 3.32. The van der Waals surface area contributed by atoms with Crippen molar-refractivity contribution in [2.24, 2.45) is 17.6 Å². The smallest absolute Gasteiger partial charge is 0.0336 e. The van der Waals surface area contributed by atoms with Gasteiger partial charge < -0.3 is 10.6 Å². The second-order valence-electron chi connectivity index (χ2n) is 7.46. The van der Waals surface area contributed by atoms with Gasteiger partial charge in [0.2, 0.25) is 0 Å². The Hall–Kier alpha value is -0.120. The van der Waals surface area contributed by atoms with Crippen molar-refractivity contribution >= 4 is 0 Å². The zero-order valence-electron chi connectivity index (χ0n) is 13.4. The molecule has 3 heteroatoms. The third-order valence-electron chi connectivity index (χ3n) is 5.51. The fourth-order valence-electron chi connectivity index (χ4n) is 4.64. The Morgan fingerprint density at radius 3 is 2.05 bits per heavy atom. The minimum Gasteiger partial charge on any atom is -0.329 e. The summed E-state index contributed by atoms with van der Waals surface area (Å²) in [6.45, 7) is 8.13. The van der Waals surface area contributed by atoms with Gasteiger partial charge in [-0.15, -0.1) is 0 Å². The van der Waals surface area contributed by atoms with E-state index in [1.54, 1.807) is 0 Å². The summed E-state index contributed by atoms with van der Waals surface area (Å²) in [7, 11) is 4.42. The average Bonchev–Trinajstić information content (AvgIpc) is 2.37. The Bertz CT molecular complexity index is 272. The molecule has 1 saturated carbocycles. The van der Waals surface area contributed by atoms with Crippen LogP contribution in [-0.4, -0.2) is 55.1 Å². The molecule has 0 radical (unpaired) electrons. The molecule has 1 saturated heterocycles. The Labute approximate surface area is 119 Å². The lowest BCUT2D eigenvalue weighted by Crippen LogP contribution is -2.60. The van der Waals surface area contributed by atoms with Gasteiger partial charge in [-0.1, -0.05) is 13.8 Å². The predicted octanol–water partition coefficient (Wildman–Crippen LogP) is 2.17. The van der Waals surface area contributed by atoms with Crippen molar-refractivity contribution in [1.29, 1.82) is 0 Å². The van der Waals surface area contributed by atoms with E-state index in [9.17, 15) is 0 Å². The molecule has 1 aliphatic carbocycles. The van der Waals surface area contributed by atoms with Crippen LogP contribution in [0.2, 0.25) is 0 Å². The number of piperidine rings is 1. The van der Waals surface area contributed by atoms with E-state index in [2.05, 4.69) is 37.7 Å². The first-order valence-electron chi connectivity index (χ1n) is 8.08. The van der Waals surface area contributed by atoms with E-state index >= 15 is 0 Å². The van der Waals surface area contributed by atoms with Crippen LogP contribution in [0.3, 0.4) is 0 Å². The summed E-state index contributed by atoms with van der Waals surface area (Å²) in [5.41, 5.74) is 6.54. The van der Waals surface area contributed by atoms with Crippen molar-refractivity contribution in [2.75, 3.05) is 33.7 Å². The highest BCUT2D eigenvalue weighted by Gasteiger charge is 2.42. The van der Waals surface area contributed by atoms with Crippen LogP contribution in [0.1, 0.15) is 46.0 Å². The Morgan fingerprint density at radius 1 is 1.11 bits per heavy atom. The van der Waals surface area contributed by atoms with Crippen LogP contribution < -0.4 is 5.73 Å². The maximum absolute atomic E-state index is 6.24. The molecule has 0 aromatic carbocycles. The number of nitrogens with two attached hydrogens (primary N) is 1. The minimum atomic E-state index is 0.300. The van der Waals surface area contributed by atoms with E-state index in [0.717, 1.165) is 24.4 Å². The molecule has 112 valence electrons. The van der Waals surface area contributed by atoms with Gasteiger partial charge in [-0.2, -0.15) is 0 Å². The molecule has 1 aliphatic heterocycles. The molecule has 2 unspecified atom stereocenters. The van der Waals surface area contributed by atoms with Gasteiger partial charge in [-0.25, -0.2) is 0 Å². The number of nitrogens with zero attached hydrogens (tertiary/aromatic N) is 2. The van der Waals surface area contributed by atoms with Gasteiger partial charge >= 0.3 is 0 Å². The molecule has 2 rings (SSSR count). The lowest BCUT2D eigenvalue weighted by Gasteiger charge is -2.52. The topological polar surface area (TPSA) is 32.5 Å². The van der Waals surface area contributed by atoms with Crippen molar-refractivity contribution < 1.29 is 0 Å². The normalized spacial score (nSPS) is 38.8. The van der Waals surface area contributed by atoms with Gasteiger partial charge in [-0.3, -0.25) is 4.90 Å². The van der Waals surface area contributed by atoms with Crippen LogP contribution in [0.15, 0.2) is 0 Å². The highest BCUT2D eigenvalue weighted by Crippen LogP contribution is 2.40. The van der Waals surface area contributed by atoms with Crippen LogP contribution in [0.5, 0.6) is 0 Å². The van der Waals surface area contributed by atoms with Gasteiger partial charge in [0.15, 0.2) is 0 Å². The molecule has 0 spiro atoms. The quantitative estimate of drug-likeness (QED) is 0.850. The lowest BCUT2D eigenvalue weighted by atomic mass is 9.70. The van der Waals surface area contributed by atoms with Crippen molar-refractivity contribution in [1.82, 2.24) is 9.80 Å². The third-order valence-corrected chi connectivity index (χ3v) is 5.51. The van der Waals surface area contributed by atoms with E-state index in [1.165, 1.54) is 45.2 Å². The summed E-state index contributed by atoms with van der Waals surface area (Å²) in [6.07, 6.45) is 6.60. The van der Waals surface area contributed by atoms with Gasteiger partial charge in [0.1, 0.15) is 0 Å². The van der Waals surface area contributed by atoms with E-state index < -0.39 is 0 Å². The maximum Gasteiger partial charge on any atom is 0.0336 e. The molecular weight excluding hydrogens is 234 g/mol. The SMILES string of the molecule is CC1CC(C)CC(CN)(N2CCC(N(C)C)CC2)C1. The number of hydrogen-bond donors (Lipinski definition) is 1. The molecule has 2 fully saturated rings. The van der Waals surface area contributed by atoms with Crippen LogP contribution in [0.4, 0.5) is 0 Å². The fourth-order valence-corrected chi connectivity index (χ4v) is 4.64. The standard InChI is InChI=1S/C16H33N3/c1-13-9-14(2)11-16(10-13,12-17)19-7-5-15(6-8-19)18(3)4/h13-15H,5-12,17H2,1-4H3. The highest BCUT2D eigenvalue weighted by molar-refractivity contribution is 4.99. The zero-order chi connectivity index (χ0) is 14.0. The zero-order valence-corrected chi connectivity index (χ0v) is 13.4. The van der Waals surface area contributed by atoms with Crippen molar-refractivity contribution in [3.05, 3.63) is 0 Å². The van der Waals surface area contributed by atoms with Crippen molar-refractivity contribution in [3.8, 4) is 0 Å². The molecule has 0 aromatic rings. The van der Waals surface area contributed by atoms with Crippen LogP contribution in [-0.2, 0) is 0 Å². The summed E-state index contributed by atoms with van der Waals surface area (Å²) < 4.78 is 0. The first kappa shape index (κ1) is 15.3. The monoisotopic (exact) mass is 267 g/mol. The summed E-state index contributed by atoms with van der Waals surface area (Å²) >= 11 is 0. The Morgan fingerprint density at radius 2 is 1.63 bits per heavy atom. The Kier molecular flexibility index (Phi) is 4.91. The molecule has 0 bridgehead atoms. The molecule has 2 aliphatic rings. The van der Waals surface area contributed by atoms with Gasteiger partial charge in [0, 0.05) is 31.2 Å². The molecular formula is C16H33N3. The molecule has 0 aromatic heterocycles. The van der Waals surface area contributed by atoms with Crippen molar-refractivity contribution in [2.45, 2.75) is 57.5 Å². The Balaban J connectivity index is 2.02. The first-order valence-corrected chi connectivity index (χ1v) is 8.08. The van der Waals surface area contributed by atoms with E-state index in [1.807, 2.05) is 0 Å². The molecule has 19 heavy (non-hydrogen) atoms. The fraction of sp³-hybridized carbons (Fsp3) is 1.00. The number of rotatable bonds is 3. The molecule has 3 nitrogen and oxygen atoms in total. The summed E-state index contributed by atoms with van der Waals surface area (Å²) in [6, 6.07) is 0.768. The summed E-state index contributed by atoms with van der Waals surface area (Å²) in [4.78, 5) is 5.12. The second kappa shape index (κ2) is 6.11.